The molecule has 0 saturated carbocycles. The fourth-order valence-corrected chi connectivity index (χ4v) is 11.7. The van der Waals surface area contributed by atoms with Crippen molar-refractivity contribution in [2.45, 2.75) is 93.8 Å². The first-order chi connectivity index (χ1) is 50.4. The second-order valence-corrected chi connectivity index (χ2v) is 25.0. The predicted molar refractivity (Wildman–Crippen MR) is 396 cm³/mol. The standard InChI is InChI=1S/C20H24N4O2.C19H19F3N4O2.C19H19N5O2.C19H22N4O2/c21-19(22)15-7-4-8-16(11-15)26-17-12-18(24-13-17)20(25)23-10-9-14-5-2-1-3-6-14;20-19(21,22)14-6-1-2-7-15(14)26-18(27)16-9-13(10-25-16)28-12-5-3-4-11(8-12)17(23)24;20-10-13-4-1-2-7-16(13)24-19(25)17-9-15(11-23-17)26-14-6-3-5-12(8-14)18(21)22;1-12-5-2-3-8-16(12)23-19(24)17-10-15(11-22-17)25-14-7-4-6-13(9-14)18(20)21/h1-8,11,17-18,24H,9-10,12-13H2,(H3,21,22)(H,23,25);1-8,13,16,25H,9-10H2,(H3,23,24)(H,26,27);1-8,15,17,23H,9,11H2,(H3,21,22)(H,24,25);2-9,15,17,22H,10-11H2,1H3,(H3,20,21)(H,23,24)/t17-,18+;13?,16-;15?,17-;15-,17+/m1001/s1. The van der Waals surface area contributed by atoms with Crippen molar-refractivity contribution in [1.82, 2.24) is 26.6 Å². The van der Waals surface area contributed by atoms with E-state index in [1.165, 1.54) is 23.8 Å². The molecule has 0 aromatic heterocycles. The normalized spacial score (nSPS) is 19.1. The zero-order valence-corrected chi connectivity index (χ0v) is 57.4. The van der Waals surface area contributed by atoms with Crippen molar-refractivity contribution >= 4 is 64.0 Å². The Bertz CT molecular complexity index is 4430. The molecular weight excluding hydrogens is 1350 g/mol. The average molecular weight is 1430 g/mol. The minimum Gasteiger partial charge on any atom is -0.489 e. The summed E-state index contributed by atoms with van der Waals surface area (Å²) in [5, 5.41) is 62.6. The minimum absolute atomic E-state index is 0.00418. The smallest absolute Gasteiger partial charge is 0.418 e. The number of benzene rings is 8. The summed E-state index contributed by atoms with van der Waals surface area (Å²) in [6.07, 6.45) is -2.43. The van der Waals surface area contributed by atoms with E-state index in [0.717, 1.165) is 23.7 Å². The highest BCUT2D eigenvalue weighted by atomic mass is 19.4. The number of nitrogens with zero attached hydrogens (tertiary/aromatic N) is 1. The SMILES string of the molecule is Cc1ccccc1NC(=O)[C@@H]1C[C@@H](Oc2cccc(C(=N)N)c2)CN1.N#Cc1ccccc1NC(=O)[C@@H]1CC(Oc2cccc(C(=N)N)c2)CN1.N=C(N)c1cccc(OC2CN[C@H](C(=O)Nc3ccccc3C(F)(F)F)C2)c1.N=C(N)c1cccc(O[C@H]2CN[C@H](C(=O)NCCc3ccccc3)C2)c1. The van der Waals surface area contributed by atoms with Crippen LogP contribution in [0.3, 0.4) is 0 Å². The summed E-state index contributed by atoms with van der Waals surface area (Å²) in [5.74, 6) is 1.53. The summed E-state index contributed by atoms with van der Waals surface area (Å²) in [6, 6.07) is 58.0. The summed E-state index contributed by atoms with van der Waals surface area (Å²) >= 11 is 0. The van der Waals surface area contributed by atoms with Crippen LogP contribution in [0.25, 0.3) is 0 Å². The number of anilines is 3. The van der Waals surface area contributed by atoms with Gasteiger partial charge < -0.3 is 84.4 Å². The van der Waals surface area contributed by atoms with Gasteiger partial charge in [0.15, 0.2) is 0 Å². The lowest BCUT2D eigenvalue weighted by molar-refractivity contribution is -0.137. The van der Waals surface area contributed by atoms with Crippen molar-refractivity contribution in [1.29, 1.82) is 26.9 Å². The number of amidine groups is 4. The van der Waals surface area contributed by atoms with Gasteiger partial charge in [-0.1, -0.05) is 121 Å². The van der Waals surface area contributed by atoms with Crippen LogP contribution in [0.2, 0.25) is 0 Å². The number of alkyl halides is 3. The maximum atomic E-state index is 13.1. The summed E-state index contributed by atoms with van der Waals surface area (Å²) in [4.78, 5) is 49.6. The predicted octanol–water partition coefficient (Wildman–Crippen LogP) is 7.79. The highest BCUT2D eigenvalue weighted by Crippen LogP contribution is 2.35. The minimum atomic E-state index is -4.56. The van der Waals surface area contributed by atoms with Crippen LogP contribution in [-0.2, 0) is 31.8 Å². The first-order valence-electron chi connectivity index (χ1n) is 33.8. The van der Waals surface area contributed by atoms with Gasteiger partial charge in [0.05, 0.1) is 46.7 Å². The van der Waals surface area contributed by atoms with E-state index in [2.05, 4.69) is 60.7 Å². The molecule has 0 radical (unpaired) electrons. The Hall–Kier alpha value is -12.2. The second-order valence-electron chi connectivity index (χ2n) is 25.0. The van der Waals surface area contributed by atoms with Crippen molar-refractivity contribution in [2.75, 3.05) is 48.7 Å². The molecule has 105 heavy (non-hydrogen) atoms. The molecule has 2 unspecified atom stereocenters. The molecule has 0 bridgehead atoms. The lowest BCUT2D eigenvalue weighted by atomic mass is 10.1. The first-order valence-corrected chi connectivity index (χ1v) is 33.8. The van der Waals surface area contributed by atoms with E-state index < -0.39 is 29.7 Å². The highest BCUT2D eigenvalue weighted by molar-refractivity contribution is 5.99. The van der Waals surface area contributed by atoms with Gasteiger partial charge in [0, 0.05) is 86.3 Å². The van der Waals surface area contributed by atoms with Crippen LogP contribution in [0.1, 0.15) is 70.2 Å². The molecule has 4 fully saturated rings. The van der Waals surface area contributed by atoms with Crippen LogP contribution in [-0.4, -0.2) is 128 Å². The number of rotatable bonds is 22. The van der Waals surface area contributed by atoms with Gasteiger partial charge in [0.2, 0.25) is 23.6 Å². The molecule has 20 N–H and O–H groups in total. The average Bonchev–Trinajstić information content (AvgIpc) is 1.74. The maximum Gasteiger partial charge on any atom is 0.418 e. The van der Waals surface area contributed by atoms with E-state index >= 15 is 0 Å². The van der Waals surface area contributed by atoms with Gasteiger partial charge in [-0.15, -0.1) is 0 Å². The number of carbonyl (C=O) groups excluding carboxylic acids is 4. The van der Waals surface area contributed by atoms with Gasteiger partial charge >= 0.3 is 6.18 Å². The lowest BCUT2D eigenvalue weighted by Crippen LogP contribution is -2.41. The molecule has 4 aliphatic rings. The number of halogens is 3. The second kappa shape index (κ2) is 37.1. The number of hydrogen-bond donors (Lipinski definition) is 16. The van der Waals surface area contributed by atoms with Crippen molar-refractivity contribution in [3.8, 4) is 29.1 Å². The molecular formula is C77H84F3N17O8. The van der Waals surface area contributed by atoms with E-state index in [1.807, 2.05) is 67.6 Å². The number of ether oxygens (including phenoxy) is 4. The maximum absolute atomic E-state index is 13.1. The van der Waals surface area contributed by atoms with Gasteiger partial charge in [-0.2, -0.15) is 18.4 Å². The molecule has 8 atom stereocenters. The van der Waals surface area contributed by atoms with Gasteiger partial charge in [0.1, 0.15) is 76.8 Å². The molecule has 8 aromatic carbocycles. The zero-order valence-electron chi connectivity index (χ0n) is 57.4. The molecule has 28 heteroatoms. The fourth-order valence-electron chi connectivity index (χ4n) is 11.7. The number of nitrogens with two attached hydrogens (primary N) is 4. The molecule has 4 amide bonds. The van der Waals surface area contributed by atoms with Crippen molar-refractivity contribution < 1.29 is 51.3 Å². The molecule has 12 rings (SSSR count). The van der Waals surface area contributed by atoms with Gasteiger partial charge in [0.25, 0.3) is 0 Å². The van der Waals surface area contributed by atoms with Gasteiger partial charge in [-0.3, -0.25) is 40.8 Å². The Balaban J connectivity index is 0.000000162. The summed E-state index contributed by atoms with van der Waals surface area (Å²) < 4.78 is 62.7. The van der Waals surface area contributed by atoms with E-state index in [9.17, 15) is 32.3 Å². The Morgan fingerprint density at radius 1 is 0.448 bits per heavy atom. The molecule has 546 valence electrons. The Morgan fingerprint density at radius 2 is 0.781 bits per heavy atom. The molecule has 8 aromatic rings. The first kappa shape index (κ1) is 77.0. The number of carbonyl (C=O) groups is 4. The Morgan fingerprint density at radius 3 is 1.16 bits per heavy atom. The molecule has 0 spiro atoms. The van der Waals surface area contributed by atoms with Crippen LogP contribution in [0, 0.1) is 39.9 Å². The number of hydrogen-bond acceptors (Lipinski definition) is 17. The quantitative estimate of drug-likeness (QED) is 0.0227. The summed E-state index contributed by atoms with van der Waals surface area (Å²) in [6.45, 7) is 4.68. The van der Waals surface area contributed by atoms with Crippen molar-refractivity contribution in [3.63, 3.8) is 0 Å². The number of nitriles is 1. The summed E-state index contributed by atoms with van der Waals surface area (Å²) in [5.41, 5.74) is 27.1. The van der Waals surface area contributed by atoms with E-state index in [1.54, 1.807) is 103 Å². The largest absolute Gasteiger partial charge is 0.489 e. The number of amides is 4. The van der Waals surface area contributed by atoms with Crippen LogP contribution in [0.15, 0.2) is 200 Å². The molecule has 4 aliphatic heterocycles. The monoisotopic (exact) mass is 1430 g/mol. The van der Waals surface area contributed by atoms with E-state index in [-0.39, 0.29) is 83.3 Å². The molecule has 4 heterocycles. The lowest BCUT2D eigenvalue weighted by Gasteiger charge is -2.16. The van der Waals surface area contributed by atoms with Crippen molar-refractivity contribution in [2.24, 2.45) is 22.9 Å². The molecule has 4 saturated heterocycles. The van der Waals surface area contributed by atoms with Crippen LogP contribution < -0.4 is 84.4 Å². The topological polar surface area (TPSA) is 425 Å². The van der Waals surface area contributed by atoms with Gasteiger partial charge in [-0.05, 0) is 103 Å². The van der Waals surface area contributed by atoms with Crippen LogP contribution in [0.5, 0.6) is 23.0 Å². The number of para-hydroxylation sites is 3. The molecule has 25 nitrogen and oxygen atoms in total. The van der Waals surface area contributed by atoms with E-state index in [0.29, 0.717) is 115 Å². The third-order valence-electron chi connectivity index (χ3n) is 17.2. The Kier molecular flexibility index (Phi) is 27.2. The number of nitrogens with one attached hydrogen (secondary N) is 12. The number of nitrogen functional groups attached to an aromatic ring is 4. The van der Waals surface area contributed by atoms with Crippen LogP contribution >= 0.6 is 0 Å². The fraction of sp³-hybridized carbons (Fsp3) is 0.260. The highest BCUT2D eigenvalue weighted by Gasteiger charge is 2.37. The Labute approximate surface area is 605 Å². The molecule has 0 aliphatic carbocycles. The third-order valence-corrected chi connectivity index (χ3v) is 17.2. The zero-order chi connectivity index (χ0) is 75.0. The third kappa shape index (κ3) is 23.2. The van der Waals surface area contributed by atoms with Crippen molar-refractivity contribution in [3.05, 3.63) is 245 Å². The van der Waals surface area contributed by atoms with Crippen LogP contribution in [0.4, 0.5) is 30.2 Å². The van der Waals surface area contributed by atoms with Gasteiger partial charge in [-0.25, -0.2) is 0 Å². The number of aryl methyl sites for hydroxylation is 1. The van der Waals surface area contributed by atoms with E-state index in [4.69, 9.17) is 68.8 Å². The summed E-state index contributed by atoms with van der Waals surface area (Å²) in [7, 11) is 0.